The maximum Gasteiger partial charge on any atom is 0.407 e. The average Bonchev–Trinajstić information content (AvgIpc) is 2.91. The van der Waals surface area contributed by atoms with Crippen molar-refractivity contribution in [2.45, 2.75) is 18.8 Å². The van der Waals surface area contributed by atoms with Gasteiger partial charge < -0.3 is 15.3 Å². The molecule has 20 heavy (non-hydrogen) atoms. The molecular weight excluding hydrogens is 258 g/mol. The van der Waals surface area contributed by atoms with Crippen molar-refractivity contribution in [2.24, 2.45) is 0 Å². The van der Waals surface area contributed by atoms with E-state index in [4.69, 9.17) is 5.11 Å². The first kappa shape index (κ1) is 12.7. The first-order valence-electron chi connectivity index (χ1n) is 6.68. The predicted octanol–water partition coefficient (Wildman–Crippen LogP) is 1.63. The number of fused-ring (bicyclic) bond motifs is 1. The van der Waals surface area contributed by atoms with Gasteiger partial charge in [0.1, 0.15) is 0 Å². The van der Waals surface area contributed by atoms with Gasteiger partial charge in [0.05, 0.1) is 0 Å². The van der Waals surface area contributed by atoms with Crippen molar-refractivity contribution in [3.05, 3.63) is 24.3 Å². The number of nitrogens with zero attached hydrogens (tertiary/aromatic N) is 4. The molecule has 2 aromatic heterocycles. The molecule has 0 radical (unpaired) electrons. The standard InChI is InChI=1S/C13H17N5O2/c1-14-11-12-16-8-10(18(12)7-4-15-11)9-2-5-17(6-3-9)13(19)20/h4,7-9H,2-3,5-6H2,1H3,(H,14,15)(H,19,20). The number of amides is 1. The molecule has 1 aliphatic heterocycles. The Bertz CT molecular complexity index is 631. The SMILES string of the molecule is CNc1nccn2c(C3CCN(C(=O)O)CC3)cnc12. The fraction of sp³-hybridized carbons (Fsp3) is 0.462. The highest BCUT2D eigenvalue weighted by atomic mass is 16.4. The second-order valence-corrected chi connectivity index (χ2v) is 4.95. The molecule has 7 nitrogen and oxygen atoms in total. The van der Waals surface area contributed by atoms with Gasteiger partial charge in [0.15, 0.2) is 11.5 Å². The molecule has 0 unspecified atom stereocenters. The van der Waals surface area contributed by atoms with Crippen molar-refractivity contribution < 1.29 is 9.90 Å². The number of hydrogen-bond donors (Lipinski definition) is 2. The summed E-state index contributed by atoms with van der Waals surface area (Å²) in [6.07, 6.45) is 6.36. The Morgan fingerprint density at radius 1 is 1.40 bits per heavy atom. The number of aromatic nitrogens is 3. The molecule has 2 aromatic rings. The molecule has 0 aliphatic carbocycles. The van der Waals surface area contributed by atoms with E-state index >= 15 is 0 Å². The summed E-state index contributed by atoms with van der Waals surface area (Å²) in [5, 5.41) is 12.0. The fourth-order valence-electron chi connectivity index (χ4n) is 2.78. The third-order valence-corrected chi connectivity index (χ3v) is 3.88. The molecule has 3 rings (SSSR count). The highest BCUT2D eigenvalue weighted by Crippen LogP contribution is 2.29. The number of carbonyl (C=O) groups is 1. The van der Waals surface area contributed by atoms with Gasteiger partial charge in [-0.15, -0.1) is 0 Å². The summed E-state index contributed by atoms with van der Waals surface area (Å²) < 4.78 is 2.04. The van der Waals surface area contributed by atoms with Crippen molar-refractivity contribution in [3.8, 4) is 0 Å². The molecule has 0 saturated carbocycles. The minimum atomic E-state index is -0.830. The van der Waals surface area contributed by atoms with Crippen LogP contribution in [-0.4, -0.2) is 50.6 Å². The Morgan fingerprint density at radius 3 is 2.80 bits per heavy atom. The fourth-order valence-corrected chi connectivity index (χ4v) is 2.78. The van der Waals surface area contributed by atoms with Gasteiger partial charge in [-0.25, -0.2) is 14.8 Å². The minimum absolute atomic E-state index is 0.340. The number of nitrogens with one attached hydrogen (secondary N) is 1. The summed E-state index contributed by atoms with van der Waals surface area (Å²) >= 11 is 0. The van der Waals surface area contributed by atoms with Crippen molar-refractivity contribution in [1.82, 2.24) is 19.3 Å². The zero-order valence-corrected chi connectivity index (χ0v) is 11.3. The first-order chi connectivity index (χ1) is 9.70. The molecule has 3 heterocycles. The van der Waals surface area contributed by atoms with Crippen molar-refractivity contribution in [1.29, 1.82) is 0 Å². The maximum atomic E-state index is 10.9. The van der Waals surface area contributed by atoms with Gasteiger partial charge >= 0.3 is 6.09 Å². The molecule has 0 aromatic carbocycles. The molecular formula is C13H17N5O2. The Labute approximate surface area is 116 Å². The van der Waals surface area contributed by atoms with Crippen LogP contribution in [0.2, 0.25) is 0 Å². The van der Waals surface area contributed by atoms with E-state index in [-0.39, 0.29) is 0 Å². The van der Waals surface area contributed by atoms with Gasteiger partial charge in [-0.1, -0.05) is 0 Å². The zero-order valence-electron chi connectivity index (χ0n) is 11.3. The quantitative estimate of drug-likeness (QED) is 0.870. The third-order valence-electron chi connectivity index (χ3n) is 3.88. The number of likely N-dealkylation sites (tertiary alicyclic amines) is 1. The van der Waals surface area contributed by atoms with Gasteiger partial charge in [-0.3, -0.25) is 4.40 Å². The van der Waals surface area contributed by atoms with Crippen molar-refractivity contribution in [2.75, 3.05) is 25.5 Å². The summed E-state index contributed by atoms with van der Waals surface area (Å²) in [6, 6.07) is 0. The summed E-state index contributed by atoms with van der Waals surface area (Å²) in [5.41, 5.74) is 1.94. The number of piperidine rings is 1. The molecule has 7 heteroatoms. The van der Waals surface area contributed by atoms with Crippen LogP contribution >= 0.6 is 0 Å². The zero-order chi connectivity index (χ0) is 14.1. The molecule has 1 amide bonds. The van der Waals surface area contributed by atoms with E-state index in [1.165, 1.54) is 4.90 Å². The largest absolute Gasteiger partial charge is 0.465 e. The van der Waals surface area contributed by atoms with Gasteiger partial charge in [-0.2, -0.15) is 0 Å². The molecule has 106 valence electrons. The second-order valence-electron chi connectivity index (χ2n) is 4.95. The van der Waals surface area contributed by atoms with Gasteiger partial charge in [0, 0.05) is 50.3 Å². The lowest BCUT2D eigenvalue weighted by molar-refractivity contribution is 0.131. The topological polar surface area (TPSA) is 82.8 Å². The highest BCUT2D eigenvalue weighted by Gasteiger charge is 2.25. The lowest BCUT2D eigenvalue weighted by atomic mass is 9.94. The highest BCUT2D eigenvalue weighted by molar-refractivity contribution is 5.65. The van der Waals surface area contributed by atoms with E-state index < -0.39 is 6.09 Å². The van der Waals surface area contributed by atoms with Crippen molar-refractivity contribution >= 4 is 17.6 Å². The number of anilines is 1. The minimum Gasteiger partial charge on any atom is -0.465 e. The molecule has 2 N–H and O–H groups in total. The molecule has 0 spiro atoms. The van der Waals surface area contributed by atoms with Crippen LogP contribution in [0.25, 0.3) is 5.65 Å². The predicted molar refractivity (Wildman–Crippen MR) is 74.1 cm³/mol. The second kappa shape index (κ2) is 4.99. The van der Waals surface area contributed by atoms with E-state index in [1.807, 2.05) is 23.8 Å². The third kappa shape index (κ3) is 2.04. The monoisotopic (exact) mass is 275 g/mol. The van der Waals surface area contributed by atoms with Gasteiger partial charge in [0.25, 0.3) is 0 Å². The number of imidazole rings is 1. The van der Waals surface area contributed by atoms with Crippen LogP contribution in [0.15, 0.2) is 18.6 Å². The summed E-state index contributed by atoms with van der Waals surface area (Å²) in [4.78, 5) is 21.1. The first-order valence-corrected chi connectivity index (χ1v) is 6.68. The van der Waals surface area contributed by atoms with E-state index in [9.17, 15) is 4.79 Å². The number of carboxylic acid groups (broad SMARTS) is 1. The van der Waals surface area contributed by atoms with Gasteiger partial charge in [0.2, 0.25) is 0 Å². The lowest BCUT2D eigenvalue weighted by Gasteiger charge is -2.29. The smallest absolute Gasteiger partial charge is 0.407 e. The Balaban J connectivity index is 1.87. The Morgan fingerprint density at radius 2 is 2.15 bits per heavy atom. The Hall–Kier alpha value is -2.31. The molecule has 1 saturated heterocycles. The normalized spacial score (nSPS) is 16.6. The molecule has 0 bridgehead atoms. The molecule has 1 aliphatic rings. The maximum absolute atomic E-state index is 10.9. The van der Waals surface area contributed by atoms with E-state index in [2.05, 4.69) is 15.3 Å². The van der Waals surface area contributed by atoms with E-state index in [1.54, 1.807) is 6.20 Å². The van der Waals surface area contributed by atoms with Crippen LogP contribution in [0.4, 0.5) is 10.6 Å². The van der Waals surface area contributed by atoms with Crippen LogP contribution in [0.5, 0.6) is 0 Å². The van der Waals surface area contributed by atoms with Crippen LogP contribution in [0, 0.1) is 0 Å². The van der Waals surface area contributed by atoms with Crippen LogP contribution in [0.1, 0.15) is 24.5 Å². The summed E-state index contributed by atoms with van der Waals surface area (Å²) in [7, 11) is 1.82. The van der Waals surface area contributed by atoms with Crippen LogP contribution < -0.4 is 5.32 Å². The summed E-state index contributed by atoms with van der Waals surface area (Å²) in [5.74, 6) is 1.09. The lowest BCUT2D eigenvalue weighted by Crippen LogP contribution is -2.37. The van der Waals surface area contributed by atoms with E-state index in [0.717, 1.165) is 30.0 Å². The average molecular weight is 275 g/mol. The van der Waals surface area contributed by atoms with Crippen molar-refractivity contribution in [3.63, 3.8) is 0 Å². The van der Waals surface area contributed by atoms with E-state index in [0.29, 0.717) is 19.0 Å². The molecule has 1 fully saturated rings. The van der Waals surface area contributed by atoms with Gasteiger partial charge in [-0.05, 0) is 12.8 Å². The van der Waals surface area contributed by atoms with Crippen LogP contribution in [-0.2, 0) is 0 Å². The number of hydrogen-bond acceptors (Lipinski definition) is 4. The molecule has 0 atom stereocenters. The Kier molecular flexibility index (Phi) is 3.17. The van der Waals surface area contributed by atoms with Crippen LogP contribution in [0.3, 0.4) is 0 Å². The summed E-state index contributed by atoms with van der Waals surface area (Å²) in [6.45, 7) is 1.16. The number of rotatable bonds is 2.